The van der Waals surface area contributed by atoms with Crippen LogP contribution in [-0.2, 0) is 7.05 Å². The van der Waals surface area contributed by atoms with Crippen LogP contribution in [0.25, 0.3) is 33.3 Å². The van der Waals surface area contributed by atoms with Crippen molar-refractivity contribution in [3.8, 4) is 11.4 Å². The molecule has 0 saturated heterocycles. The summed E-state index contributed by atoms with van der Waals surface area (Å²) in [6, 6.07) is 17.7. The fraction of sp³-hybridized carbons (Fsp3) is 0.227. The number of benzene rings is 2. The van der Waals surface area contributed by atoms with Crippen LogP contribution in [0.3, 0.4) is 0 Å². The van der Waals surface area contributed by atoms with E-state index in [1.807, 2.05) is 66.2 Å². The lowest BCUT2D eigenvalue weighted by molar-refractivity contribution is 0.796. The first-order valence-corrected chi connectivity index (χ1v) is 9.28. The Morgan fingerprint density at radius 1 is 1.07 bits per heavy atom. The molecule has 0 aliphatic heterocycles. The molecule has 1 N–H and O–H groups in total. The Morgan fingerprint density at radius 3 is 2.59 bits per heavy atom. The Hall–Kier alpha value is -3.21. The van der Waals surface area contributed by atoms with E-state index >= 15 is 0 Å². The highest BCUT2D eigenvalue weighted by molar-refractivity contribution is 5.91. The van der Waals surface area contributed by atoms with Crippen LogP contribution >= 0.6 is 0 Å². The van der Waals surface area contributed by atoms with Gasteiger partial charge in [0.15, 0.2) is 0 Å². The smallest absolute Gasteiger partial charge is 0.262 e. The average molecular weight is 358 g/mol. The molecular weight excluding hydrogens is 336 g/mol. The van der Waals surface area contributed by atoms with E-state index in [1.165, 1.54) is 0 Å². The fourth-order valence-corrected chi connectivity index (χ4v) is 3.38. The number of hydrogen-bond acceptors (Lipinski definition) is 3. The van der Waals surface area contributed by atoms with Gasteiger partial charge in [0, 0.05) is 24.5 Å². The Labute approximate surface area is 157 Å². The number of nitrogens with one attached hydrogen (secondary N) is 1. The molecular formula is C22H22N4O. The van der Waals surface area contributed by atoms with Crippen molar-refractivity contribution in [3.05, 3.63) is 70.3 Å². The monoisotopic (exact) mass is 358 g/mol. The number of rotatable bonds is 4. The molecule has 0 fully saturated rings. The summed E-state index contributed by atoms with van der Waals surface area (Å²) in [7, 11) is 1.95. The lowest BCUT2D eigenvalue weighted by atomic mass is 10.1. The molecule has 5 nitrogen and oxygen atoms in total. The van der Waals surface area contributed by atoms with Crippen LogP contribution in [-0.4, -0.2) is 21.1 Å². The molecule has 2 aromatic carbocycles. The van der Waals surface area contributed by atoms with Crippen molar-refractivity contribution in [2.45, 2.75) is 19.8 Å². The first kappa shape index (κ1) is 17.2. The minimum atomic E-state index is -0.157. The number of nitrogens with zero attached hydrogens (tertiary/aromatic N) is 3. The molecule has 0 spiro atoms. The van der Waals surface area contributed by atoms with Gasteiger partial charge in [0.2, 0.25) is 0 Å². The summed E-state index contributed by atoms with van der Waals surface area (Å²) >= 11 is 0. The van der Waals surface area contributed by atoms with Gasteiger partial charge in [0.05, 0.1) is 10.9 Å². The maximum Gasteiger partial charge on any atom is 0.262 e. The highest BCUT2D eigenvalue weighted by Gasteiger charge is 2.13. The normalized spacial score (nSPS) is 12.1. The van der Waals surface area contributed by atoms with Gasteiger partial charge in [-0.05, 0) is 12.5 Å². The van der Waals surface area contributed by atoms with Gasteiger partial charge < -0.3 is 9.55 Å². The van der Waals surface area contributed by atoms with Crippen molar-refractivity contribution < 1.29 is 0 Å². The number of aromatic nitrogens is 3. The van der Waals surface area contributed by atoms with E-state index in [9.17, 15) is 4.79 Å². The van der Waals surface area contributed by atoms with E-state index in [4.69, 9.17) is 9.98 Å². The summed E-state index contributed by atoms with van der Waals surface area (Å²) in [5, 5.41) is 2.26. The Kier molecular flexibility index (Phi) is 4.59. The van der Waals surface area contributed by atoms with Crippen molar-refractivity contribution in [1.29, 1.82) is 0 Å². The maximum absolute atomic E-state index is 13.1. The lowest BCUT2D eigenvalue weighted by Gasteiger charge is -2.12. The predicted molar refractivity (Wildman–Crippen MR) is 110 cm³/mol. The molecule has 4 rings (SSSR count). The van der Waals surface area contributed by atoms with Gasteiger partial charge in [0.25, 0.3) is 5.56 Å². The molecule has 0 radical (unpaired) electrons. The lowest BCUT2D eigenvalue weighted by Crippen LogP contribution is -2.23. The zero-order valence-corrected chi connectivity index (χ0v) is 15.6. The zero-order chi connectivity index (χ0) is 18.8. The Balaban J connectivity index is 2.12. The van der Waals surface area contributed by atoms with Gasteiger partial charge in [-0.1, -0.05) is 61.9 Å². The first-order chi connectivity index (χ1) is 13.2. The quantitative estimate of drug-likeness (QED) is 0.446. The molecule has 2 heterocycles. The number of para-hydroxylation sites is 1. The second kappa shape index (κ2) is 7.19. The molecule has 0 saturated carbocycles. The molecule has 0 bridgehead atoms. The predicted octanol–water partition coefficient (Wildman–Crippen LogP) is 3.78. The van der Waals surface area contributed by atoms with Crippen LogP contribution < -0.4 is 10.9 Å². The van der Waals surface area contributed by atoms with E-state index in [2.05, 4.69) is 11.9 Å². The molecule has 5 heteroatoms. The second-order valence-electron chi connectivity index (χ2n) is 6.64. The highest BCUT2D eigenvalue weighted by Crippen LogP contribution is 2.18. The van der Waals surface area contributed by atoms with Crippen molar-refractivity contribution in [3.63, 3.8) is 0 Å². The Morgan fingerprint density at radius 2 is 1.81 bits per heavy atom. The number of aryl methyl sites for hydroxylation is 1. The van der Waals surface area contributed by atoms with E-state index in [0.717, 1.165) is 34.7 Å². The van der Waals surface area contributed by atoms with Crippen molar-refractivity contribution in [2.24, 2.45) is 12.0 Å². The average Bonchev–Trinajstić information content (AvgIpc) is 2.71. The highest BCUT2D eigenvalue weighted by atomic mass is 16.1. The topological polar surface area (TPSA) is 63.0 Å². The van der Waals surface area contributed by atoms with Crippen LogP contribution in [0.4, 0.5) is 0 Å². The number of unbranched alkanes of at least 4 members (excludes halogenated alkanes) is 1. The van der Waals surface area contributed by atoms with E-state index in [0.29, 0.717) is 23.4 Å². The number of fused-ring (bicyclic) bond motifs is 2. The Bertz CT molecular complexity index is 1240. The minimum absolute atomic E-state index is 0.157. The van der Waals surface area contributed by atoms with E-state index in [-0.39, 0.29) is 5.56 Å². The van der Waals surface area contributed by atoms with Crippen molar-refractivity contribution in [1.82, 2.24) is 14.5 Å². The molecule has 0 aliphatic rings. The first-order valence-electron chi connectivity index (χ1n) is 9.28. The molecule has 0 unspecified atom stereocenters. The van der Waals surface area contributed by atoms with Crippen LogP contribution in [0.15, 0.2) is 64.4 Å². The summed E-state index contributed by atoms with van der Waals surface area (Å²) in [6.45, 7) is 2.83. The summed E-state index contributed by atoms with van der Waals surface area (Å²) in [5.41, 5.74) is 2.38. The van der Waals surface area contributed by atoms with Gasteiger partial charge in [0.1, 0.15) is 16.9 Å². The molecule has 27 heavy (non-hydrogen) atoms. The van der Waals surface area contributed by atoms with Crippen LogP contribution in [0.5, 0.6) is 0 Å². The maximum atomic E-state index is 13.1. The van der Waals surface area contributed by atoms with Gasteiger partial charge in [-0.3, -0.25) is 9.79 Å². The van der Waals surface area contributed by atoms with Gasteiger partial charge in [-0.25, -0.2) is 4.98 Å². The summed E-state index contributed by atoms with van der Waals surface area (Å²) in [4.78, 5) is 25.6. The van der Waals surface area contributed by atoms with Gasteiger partial charge >= 0.3 is 0 Å². The second-order valence-corrected chi connectivity index (χ2v) is 6.64. The van der Waals surface area contributed by atoms with E-state index < -0.39 is 0 Å². The molecule has 4 aromatic rings. The van der Waals surface area contributed by atoms with Crippen molar-refractivity contribution >= 4 is 21.9 Å². The number of aromatic amines is 1. The molecule has 0 amide bonds. The van der Waals surface area contributed by atoms with Gasteiger partial charge in [-0.15, -0.1) is 0 Å². The third kappa shape index (κ3) is 3.05. The van der Waals surface area contributed by atoms with E-state index in [1.54, 1.807) is 0 Å². The molecule has 0 aliphatic carbocycles. The molecule has 2 aromatic heterocycles. The minimum Gasteiger partial charge on any atom is -0.328 e. The summed E-state index contributed by atoms with van der Waals surface area (Å²) in [6.07, 6.45) is 2.05. The largest absolute Gasteiger partial charge is 0.328 e. The summed E-state index contributed by atoms with van der Waals surface area (Å²) in [5.74, 6) is 0.568. The number of H-pyrrole nitrogens is 1. The van der Waals surface area contributed by atoms with Crippen LogP contribution in [0, 0.1) is 0 Å². The van der Waals surface area contributed by atoms with Crippen LogP contribution in [0.1, 0.15) is 19.8 Å². The zero-order valence-electron chi connectivity index (χ0n) is 15.6. The summed E-state index contributed by atoms with van der Waals surface area (Å²) < 4.78 is 1.98. The third-order valence-corrected chi connectivity index (χ3v) is 4.80. The number of hydrogen-bond donors (Lipinski definition) is 1. The number of pyridine rings is 1. The molecule has 0 atom stereocenters. The molecule has 136 valence electrons. The van der Waals surface area contributed by atoms with Crippen molar-refractivity contribution in [2.75, 3.05) is 6.54 Å². The standard InChI is InChI=1S/C22H22N4O/c1-3-4-14-23-19-16-12-8-9-13-17(16)26(2)21-18(19)22(27)25-20(24-21)15-10-6-5-7-11-15/h5-13H,3-4,14H2,1-2H3,(H,24,25,27). The SMILES string of the molecule is CCCCN=c1c2ccccc2n(C)c2nc(-c3ccccc3)[nH]c(=O)c12. The van der Waals surface area contributed by atoms with Gasteiger partial charge in [-0.2, -0.15) is 0 Å². The van der Waals surface area contributed by atoms with Crippen LogP contribution in [0.2, 0.25) is 0 Å². The fourth-order valence-electron chi connectivity index (χ4n) is 3.38. The third-order valence-electron chi connectivity index (χ3n) is 4.80.